The van der Waals surface area contributed by atoms with Crippen LogP contribution in [0.15, 0.2) is 6.07 Å². The molecule has 3 N–H and O–H groups in total. The fourth-order valence-corrected chi connectivity index (χ4v) is 4.20. The molecule has 0 saturated heterocycles. The fraction of sp³-hybridized carbons (Fsp3) is 0.650. The second-order valence-electron chi connectivity index (χ2n) is 8.28. The summed E-state index contributed by atoms with van der Waals surface area (Å²) in [4.78, 5) is 38.3. The third-order valence-electron chi connectivity index (χ3n) is 4.87. The van der Waals surface area contributed by atoms with E-state index in [1.807, 2.05) is 40.7 Å². The lowest BCUT2D eigenvalue weighted by molar-refractivity contribution is -0.128. The third kappa shape index (κ3) is 5.09. The Morgan fingerprint density at radius 1 is 1.15 bits per heavy atom. The second-order valence-corrected chi connectivity index (χ2v) is 9.34. The molecule has 7 heteroatoms. The molecule has 1 aliphatic carbocycles. The molecule has 6 nitrogen and oxygen atoms in total. The first kappa shape index (κ1) is 21.4. The normalized spacial score (nSPS) is 16.5. The van der Waals surface area contributed by atoms with E-state index in [9.17, 15) is 14.4 Å². The van der Waals surface area contributed by atoms with Gasteiger partial charge in [-0.2, -0.15) is 0 Å². The van der Waals surface area contributed by atoms with Crippen LogP contribution in [0, 0.1) is 12.3 Å². The van der Waals surface area contributed by atoms with Gasteiger partial charge in [0.25, 0.3) is 5.91 Å². The molecule has 0 aliphatic heterocycles. The highest BCUT2D eigenvalue weighted by atomic mass is 32.1. The predicted molar refractivity (Wildman–Crippen MR) is 109 cm³/mol. The summed E-state index contributed by atoms with van der Waals surface area (Å²) in [6.07, 6.45) is 4.24. The zero-order valence-electron chi connectivity index (χ0n) is 17.0. The standard InChI is InChI=1S/C20H31N3O3S/c1-6-21-18(26)20(10-8-7-9-11-20)23-16(24)15-13(2)12-14(27-15)22-17(25)19(3,4)5/h12H,6-11H2,1-5H3,(H,21,26)(H,22,25)(H,23,24). The number of anilines is 1. The van der Waals surface area contributed by atoms with Crippen molar-refractivity contribution >= 4 is 34.1 Å². The molecule has 1 saturated carbocycles. The third-order valence-corrected chi connectivity index (χ3v) is 6.03. The lowest BCUT2D eigenvalue weighted by Crippen LogP contribution is -2.59. The van der Waals surface area contributed by atoms with Crippen LogP contribution in [0.4, 0.5) is 5.00 Å². The Hall–Kier alpha value is -1.89. The fourth-order valence-electron chi connectivity index (χ4n) is 3.24. The first-order valence-electron chi connectivity index (χ1n) is 9.62. The van der Waals surface area contributed by atoms with Gasteiger partial charge in [0.05, 0.1) is 9.88 Å². The van der Waals surface area contributed by atoms with Crippen molar-refractivity contribution < 1.29 is 14.4 Å². The molecule has 2 rings (SSSR count). The summed E-state index contributed by atoms with van der Waals surface area (Å²) in [6.45, 7) is 9.79. The molecule has 0 unspecified atom stereocenters. The maximum absolute atomic E-state index is 13.0. The van der Waals surface area contributed by atoms with Gasteiger partial charge in [-0.3, -0.25) is 14.4 Å². The molecule has 150 valence electrons. The van der Waals surface area contributed by atoms with Crippen molar-refractivity contribution in [2.24, 2.45) is 5.41 Å². The van der Waals surface area contributed by atoms with Crippen molar-refractivity contribution in [2.75, 3.05) is 11.9 Å². The highest BCUT2D eigenvalue weighted by Crippen LogP contribution is 2.32. The Labute approximate surface area is 165 Å². The summed E-state index contributed by atoms with van der Waals surface area (Å²) in [7, 11) is 0. The topological polar surface area (TPSA) is 87.3 Å². The number of thiophene rings is 1. The predicted octanol–water partition coefficient (Wildman–Crippen LogP) is 3.61. The summed E-state index contributed by atoms with van der Waals surface area (Å²) in [5, 5.41) is 9.41. The molecule has 1 fully saturated rings. The van der Waals surface area contributed by atoms with Crippen LogP contribution in [-0.4, -0.2) is 29.8 Å². The van der Waals surface area contributed by atoms with E-state index in [1.165, 1.54) is 11.3 Å². The lowest BCUT2D eigenvalue weighted by atomic mass is 9.80. The van der Waals surface area contributed by atoms with Crippen LogP contribution in [0.5, 0.6) is 0 Å². The van der Waals surface area contributed by atoms with Gasteiger partial charge in [0.15, 0.2) is 0 Å². The van der Waals surface area contributed by atoms with Crippen LogP contribution < -0.4 is 16.0 Å². The Bertz CT molecular complexity index is 713. The maximum Gasteiger partial charge on any atom is 0.262 e. The van der Waals surface area contributed by atoms with Gasteiger partial charge in [0.1, 0.15) is 5.54 Å². The number of hydrogen-bond donors (Lipinski definition) is 3. The van der Waals surface area contributed by atoms with Crippen LogP contribution in [0.25, 0.3) is 0 Å². The van der Waals surface area contributed by atoms with Crippen molar-refractivity contribution in [3.63, 3.8) is 0 Å². The molecule has 3 amide bonds. The number of amides is 3. The van der Waals surface area contributed by atoms with E-state index in [0.717, 1.165) is 24.8 Å². The summed E-state index contributed by atoms with van der Waals surface area (Å²) in [6, 6.07) is 1.81. The Balaban J connectivity index is 2.18. The quantitative estimate of drug-likeness (QED) is 0.714. The zero-order valence-corrected chi connectivity index (χ0v) is 17.8. The molecule has 0 radical (unpaired) electrons. The van der Waals surface area contributed by atoms with Gasteiger partial charge in [-0.15, -0.1) is 11.3 Å². The Kier molecular flexibility index (Phi) is 6.68. The lowest BCUT2D eigenvalue weighted by Gasteiger charge is -2.36. The largest absolute Gasteiger partial charge is 0.354 e. The zero-order chi connectivity index (χ0) is 20.2. The minimum atomic E-state index is -0.837. The van der Waals surface area contributed by atoms with Crippen LogP contribution in [0.3, 0.4) is 0 Å². The minimum absolute atomic E-state index is 0.0956. The van der Waals surface area contributed by atoms with Crippen molar-refractivity contribution in [1.29, 1.82) is 0 Å². The number of carbonyl (C=O) groups is 3. The molecule has 1 aliphatic rings. The van der Waals surface area contributed by atoms with Gasteiger partial charge >= 0.3 is 0 Å². The first-order valence-corrected chi connectivity index (χ1v) is 10.4. The number of nitrogens with one attached hydrogen (secondary N) is 3. The van der Waals surface area contributed by atoms with E-state index in [2.05, 4.69) is 16.0 Å². The number of aryl methyl sites for hydroxylation is 1. The van der Waals surface area contributed by atoms with E-state index in [4.69, 9.17) is 0 Å². The molecule has 1 heterocycles. The molecule has 1 aromatic rings. The van der Waals surface area contributed by atoms with Crippen molar-refractivity contribution in [3.05, 3.63) is 16.5 Å². The van der Waals surface area contributed by atoms with Crippen LogP contribution in [0.2, 0.25) is 0 Å². The van der Waals surface area contributed by atoms with Crippen molar-refractivity contribution in [2.45, 2.75) is 72.3 Å². The summed E-state index contributed by atoms with van der Waals surface area (Å²) < 4.78 is 0. The van der Waals surface area contributed by atoms with E-state index in [-0.39, 0.29) is 17.7 Å². The van der Waals surface area contributed by atoms with Gasteiger partial charge in [0.2, 0.25) is 11.8 Å². The molecule has 1 aromatic heterocycles. The molecular formula is C20H31N3O3S. The Morgan fingerprint density at radius 3 is 2.33 bits per heavy atom. The van der Waals surface area contributed by atoms with Crippen LogP contribution in [-0.2, 0) is 9.59 Å². The molecule has 0 aromatic carbocycles. The van der Waals surface area contributed by atoms with E-state index in [0.29, 0.717) is 29.3 Å². The summed E-state index contributed by atoms with van der Waals surface area (Å²) >= 11 is 1.25. The van der Waals surface area contributed by atoms with Crippen molar-refractivity contribution in [1.82, 2.24) is 10.6 Å². The maximum atomic E-state index is 13.0. The average molecular weight is 394 g/mol. The second kappa shape index (κ2) is 8.42. The van der Waals surface area contributed by atoms with Crippen LogP contribution >= 0.6 is 11.3 Å². The minimum Gasteiger partial charge on any atom is -0.354 e. The molecule has 0 atom stereocenters. The van der Waals surface area contributed by atoms with Gasteiger partial charge in [0, 0.05) is 12.0 Å². The van der Waals surface area contributed by atoms with Crippen molar-refractivity contribution in [3.8, 4) is 0 Å². The molecule has 0 spiro atoms. The van der Waals surface area contributed by atoms with Gasteiger partial charge in [-0.05, 0) is 38.3 Å². The van der Waals surface area contributed by atoms with E-state index < -0.39 is 11.0 Å². The van der Waals surface area contributed by atoms with Gasteiger partial charge in [-0.25, -0.2) is 0 Å². The number of hydrogen-bond acceptors (Lipinski definition) is 4. The van der Waals surface area contributed by atoms with Gasteiger partial charge in [-0.1, -0.05) is 40.0 Å². The number of rotatable bonds is 5. The Morgan fingerprint density at radius 2 is 1.78 bits per heavy atom. The number of likely N-dealkylation sites (N-methyl/N-ethyl adjacent to an activating group) is 1. The smallest absolute Gasteiger partial charge is 0.262 e. The van der Waals surface area contributed by atoms with Gasteiger partial charge < -0.3 is 16.0 Å². The highest BCUT2D eigenvalue weighted by molar-refractivity contribution is 7.18. The molecular weight excluding hydrogens is 362 g/mol. The highest BCUT2D eigenvalue weighted by Gasteiger charge is 2.41. The van der Waals surface area contributed by atoms with E-state index >= 15 is 0 Å². The summed E-state index contributed by atoms with van der Waals surface area (Å²) in [5.74, 6) is -0.447. The van der Waals surface area contributed by atoms with E-state index in [1.54, 1.807) is 0 Å². The molecule has 0 bridgehead atoms. The average Bonchev–Trinajstić information content (AvgIpc) is 2.95. The first-order chi connectivity index (χ1) is 12.6. The monoisotopic (exact) mass is 393 g/mol. The number of carbonyl (C=O) groups excluding carboxylic acids is 3. The SMILES string of the molecule is CCNC(=O)C1(NC(=O)c2sc(NC(=O)C(C)(C)C)cc2C)CCCCC1. The van der Waals surface area contributed by atoms with Crippen LogP contribution in [0.1, 0.15) is 75.0 Å². The summed E-state index contributed by atoms with van der Waals surface area (Å²) in [5.41, 5.74) is -0.551. The molecule has 27 heavy (non-hydrogen) atoms.